The van der Waals surface area contributed by atoms with Crippen LogP contribution in [-0.2, 0) is 20.9 Å². The van der Waals surface area contributed by atoms with Crippen LogP contribution in [0, 0.1) is 0 Å². The predicted octanol–water partition coefficient (Wildman–Crippen LogP) is 2.01. The Kier molecular flexibility index (Phi) is 5.21. The summed E-state index contributed by atoms with van der Waals surface area (Å²) in [5, 5.41) is 6.82. The van der Waals surface area contributed by atoms with Gasteiger partial charge in [-0.2, -0.15) is 0 Å². The molecule has 9 nitrogen and oxygen atoms in total. The molecular formula is C24H20N4O5. The van der Waals surface area contributed by atoms with E-state index < -0.39 is 11.9 Å². The number of hydrogen-bond donors (Lipinski definition) is 2. The van der Waals surface area contributed by atoms with Gasteiger partial charge in [0.25, 0.3) is 11.8 Å². The molecule has 3 aromatic rings. The van der Waals surface area contributed by atoms with Gasteiger partial charge in [0.1, 0.15) is 17.6 Å². The van der Waals surface area contributed by atoms with E-state index >= 15 is 0 Å². The van der Waals surface area contributed by atoms with Crippen molar-refractivity contribution < 1.29 is 23.9 Å². The molecule has 1 unspecified atom stereocenters. The summed E-state index contributed by atoms with van der Waals surface area (Å²) in [6.07, 6.45) is 2.08. The molecule has 0 radical (unpaired) electrons. The van der Waals surface area contributed by atoms with Crippen LogP contribution in [-0.4, -0.2) is 46.2 Å². The van der Waals surface area contributed by atoms with Gasteiger partial charge < -0.3 is 15.0 Å². The van der Waals surface area contributed by atoms with Crippen LogP contribution in [0.2, 0.25) is 0 Å². The van der Waals surface area contributed by atoms with Crippen molar-refractivity contribution in [3.05, 3.63) is 65.9 Å². The second-order valence-electron chi connectivity index (χ2n) is 7.90. The first-order valence-electron chi connectivity index (χ1n) is 10.5. The maximum atomic E-state index is 12.9. The molecule has 0 spiro atoms. The van der Waals surface area contributed by atoms with E-state index in [1.54, 1.807) is 24.4 Å². The van der Waals surface area contributed by atoms with E-state index in [0.717, 1.165) is 10.8 Å². The Morgan fingerprint density at radius 1 is 1.12 bits per heavy atom. The number of nitrogens with one attached hydrogen (secondary N) is 2. The fraction of sp³-hybridized carbons (Fsp3) is 0.208. The first-order valence-corrected chi connectivity index (χ1v) is 10.5. The number of carbonyl (C=O) groups is 4. The van der Waals surface area contributed by atoms with Gasteiger partial charge in [0.05, 0.1) is 6.54 Å². The average molecular weight is 444 g/mol. The van der Waals surface area contributed by atoms with E-state index in [4.69, 9.17) is 4.74 Å². The van der Waals surface area contributed by atoms with E-state index in [1.165, 1.54) is 4.90 Å². The Balaban J connectivity index is 1.29. The van der Waals surface area contributed by atoms with Crippen LogP contribution in [0.5, 0.6) is 5.75 Å². The molecule has 1 saturated heterocycles. The van der Waals surface area contributed by atoms with Gasteiger partial charge in [0, 0.05) is 29.1 Å². The van der Waals surface area contributed by atoms with Crippen molar-refractivity contribution >= 4 is 40.2 Å². The van der Waals surface area contributed by atoms with Crippen molar-refractivity contribution in [3.8, 4) is 5.75 Å². The summed E-state index contributed by atoms with van der Waals surface area (Å²) in [4.78, 5) is 54.8. The lowest BCUT2D eigenvalue weighted by Crippen LogP contribution is -2.52. The number of piperidine rings is 1. The first kappa shape index (κ1) is 20.6. The Morgan fingerprint density at radius 3 is 2.82 bits per heavy atom. The van der Waals surface area contributed by atoms with Crippen LogP contribution < -0.4 is 15.4 Å². The molecule has 2 N–H and O–H groups in total. The molecule has 0 saturated carbocycles. The summed E-state index contributed by atoms with van der Waals surface area (Å²) in [7, 11) is 0. The summed E-state index contributed by atoms with van der Waals surface area (Å²) in [6, 6.07) is 13.8. The largest absolute Gasteiger partial charge is 0.483 e. The molecule has 0 bridgehead atoms. The number of anilines is 1. The molecule has 9 heteroatoms. The lowest BCUT2D eigenvalue weighted by molar-refractivity contribution is -0.137. The zero-order chi connectivity index (χ0) is 22.9. The lowest BCUT2D eigenvalue weighted by atomic mass is 10.0. The SMILES string of the molecule is O=C1CCC(N2Cc3c(OCC(=O)Nc4nccc5ccccc45)cccc3C2=O)C(=O)N1. The molecule has 5 rings (SSSR count). The summed E-state index contributed by atoms with van der Waals surface area (Å²) in [5.74, 6) is -0.652. The second-order valence-corrected chi connectivity index (χ2v) is 7.90. The molecule has 0 aliphatic carbocycles. The minimum absolute atomic E-state index is 0.170. The highest BCUT2D eigenvalue weighted by molar-refractivity contribution is 6.06. The Labute approximate surface area is 188 Å². The van der Waals surface area contributed by atoms with Gasteiger partial charge in [-0.05, 0) is 30.0 Å². The third kappa shape index (κ3) is 3.89. The second kappa shape index (κ2) is 8.34. The number of benzene rings is 2. The molecule has 2 aliphatic rings. The standard InChI is InChI=1S/C24H20N4O5/c29-20-9-8-18(23(31)27-20)28-12-17-16(24(28)32)6-3-7-19(17)33-13-21(30)26-22-15-5-2-1-4-14(15)10-11-25-22/h1-7,10-11,18H,8-9,12-13H2,(H,25,26,30)(H,27,29,31). The molecule has 2 aromatic carbocycles. The van der Waals surface area contributed by atoms with E-state index in [0.29, 0.717) is 22.7 Å². The van der Waals surface area contributed by atoms with Crippen molar-refractivity contribution in [2.24, 2.45) is 0 Å². The summed E-state index contributed by atoms with van der Waals surface area (Å²) < 4.78 is 5.75. The summed E-state index contributed by atoms with van der Waals surface area (Å²) in [6.45, 7) is -0.100. The highest BCUT2D eigenvalue weighted by Crippen LogP contribution is 2.33. The van der Waals surface area contributed by atoms with Crippen LogP contribution in [0.15, 0.2) is 54.7 Å². The molecule has 166 valence electrons. The molecule has 33 heavy (non-hydrogen) atoms. The van der Waals surface area contributed by atoms with Crippen LogP contribution >= 0.6 is 0 Å². The molecule has 4 amide bonds. The van der Waals surface area contributed by atoms with Crippen LogP contribution in [0.25, 0.3) is 10.8 Å². The first-order chi connectivity index (χ1) is 16.0. The van der Waals surface area contributed by atoms with Crippen LogP contribution in [0.4, 0.5) is 5.82 Å². The Hall–Kier alpha value is -4.27. The zero-order valence-corrected chi connectivity index (χ0v) is 17.5. The van der Waals surface area contributed by atoms with Crippen molar-refractivity contribution in [2.75, 3.05) is 11.9 Å². The molecule has 1 atom stereocenters. The molecule has 1 aromatic heterocycles. The third-order valence-corrected chi connectivity index (χ3v) is 5.83. The number of aromatic nitrogens is 1. The molecule has 1 fully saturated rings. The number of hydrogen-bond acceptors (Lipinski definition) is 6. The fourth-order valence-electron chi connectivity index (χ4n) is 4.22. The summed E-state index contributed by atoms with van der Waals surface area (Å²) in [5.41, 5.74) is 1.04. The van der Waals surface area contributed by atoms with Crippen molar-refractivity contribution in [3.63, 3.8) is 0 Å². The van der Waals surface area contributed by atoms with Crippen molar-refractivity contribution in [2.45, 2.75) is 25.4 Å². The number of pyridine rings is 1. The molecule has 3 heterocycles. The van der Waals surface area contributed by atoms with E-state index in [1.807, 2.05) is 30.3 Å². The van der Waals surface area contributed by atoms with Gasteiger partial charge >= 0.3 is 0 Å². The number of carbonyl (C=O) groups excluding carboxylic acids is 4. The van der Waals surface area contributed by atoms with Crippen LogP contribution in [0.3, 0.4) is 0 Å². The number of imide groups is 1. The predicted molar refractivity (Wildman–Crippen MR) is 118 cm³/mol. The van der Waals surface area contributed by atoms with Crippen molar-refractivity contribution in [1.29, 1.82) is 0 Å². The topological polar surface area (TPSA) is 118 Å². The van der Waals surface area contributed by atoms with Crippen LogP contribution in [0.1, 0.15) is 28.8 Å². The number of amides is 4. The minimum atomic E-state index is -0.712. The third-order valence-electron chi connectivity index (χ3n) is 5.83. The molecule has 2 aliphatic heterocycles. The average Bonchev–Trinajstić information content (AvgIpc) is 3.15. The molecular weight excluding hydrogens is 424 g/mol. The van der Waals surface area contributed by atoms with Crippen molar-refractivity contribution in [1.82, 2.24) is 15.2 Å². The quantitative estimate of drug-likeness (QED) is 0.582. The normalized spacial score (nSPS) is 17.6. The monoisotopic (exact) mass is 444 g/mol. The van der Waals surface area contributed by atoms with Gasteiger partial charge in [0.15, 0.2) is 6.61 Å². The number of ether oxygens (including phenoxy) is 1. The fourth-order valence-corrected chi connectivity index (χ4v) is 4.22. The van der Waals surface area contributed by atoms with Gasteiger partial charge in [-0.25, -0.2) is 4.98 Å². The minimum Gasteiger partial charge on any atom is -0.483 e. The highest BCUT2D eigenvalue weighted by Gasteiger charge is 2.40. The lowest BCUT2D eigenvalue weighted by Gasteiger charge is -2.29. The maximum absolute atomic E-state index is 12.9. The smallest absolute Gasteiger partial charge is 0.263 e. The van der Waals surface area contributed by atoms with Gasteiger partial charge in [-0.15, -0.1) is 0 Å². The number of nitrogens with zero attached hydrogens (tertiary/aromatic N) is 2. The number of rotatable bonds is 5. The Bertz CT molecular complexity index is 1300. The van der Waals surface area contributed by atoms with E-state index in [2.05, 4.69) is 15.6 Å². The Morgan fingerprint density at radius 2 is 1.97 bits per heavy atom. The van der Waals surface area contributed by atoms with E-state index in [-0.39, 0.29) is 43.7 Å². The van der Waals surface area contributed by atoms with Gasteiger partial charge in [-0.1, -0.05) is 30.3 Å². The summed E-state index contributed by atoms with van der Waals surface area (Å²) >= 11 is 0. The van der Waals surface area contributed by atoms with Gasteiger partial charge in [-0.3, -0.25) is 24.5 Å². The maximum Gasteiger partial charge on any atom is 0.263 e. The number of fused-ring (bicyclic) bond motifs is 2. The zero-order valence-electron chi connectivity index (χ0n) is 17.5. The van der Waals surface area contributed by atoms with E-state index in [9.17, 15) is 19.2 Å². The van der Waals surface area contributed by atoms with Gasteiger partial charge in [0.2, 0.25) is 11.8 Å². The highest BCUT2D eigenvalue weighted by atomic mass is 16.5.